The van der Waals surface area contributed by atoms with Crippen LogP contribution in [0.5, 0.6) is 23.0 Å². The number of phenols is 2. The van der Waals surface area contributed by atoms with E-state index in [-0.39, 0.29) is 33.4 Å². The minimum atomic E-state index is -0.522. The summed E-state index contributed by atoms with van der Waals surface area (Å²) in [6.45, 7) is 0. The maximum Gasteiger partial charge on any atom is 0.208 e. The quantitative estimate of drug-likeness (QED) is 0.704. The Bertz CT molecular complexity index is 839. The van der Waals surface area contributed by atoms with Gasteiger partial charge in [-0.25, -0.2) is 0 Å². The average molecular weight is 288 g/mol. The van der Waals surface area contributed by atoms with Gasteiger partial charge in [-0.3, -0.25) is 4.79 Å². The van der Waals surface area contributed by atoms with Gasteiger partial charge in [-0.1, -0.05) is 0 Å². The van der Waals surface area contributed by atoms with Crippen LogP contribution in [0, 0.1) is 0 Å². The lowest BCUT2D eigenvalue weighted by Gasteiger charge is -2.08. The zero-order valence-electron chi connectivity index (χ0n) is 11.3. The molecule has 0 unspecified atom stereocenters. The Labute approximate surface area is 118 Å². The molecule has 21 heavy (non-hydrogen) atoms. The minimum Gasteiger partial charge on any atom is -0.507 e. The lowest BCUT2D eigenvalue weighted by molar-refractivity contribution is 0.407. The van der Waals surface area contributed by atoms with E-state index in [2.05, 4.69) is 0 Å². The van der Waals surface area contributed by atoms with Gasteiger partial charge < -0.3 is 24.1 Å². The summed E-state index contributed by atoms with van der Waals surface area (Å²) in [5, 5.41) is 19.9. The maximum atomic E-state index is 12.5. The first-order chi connectivity index (χ1) is 10.0. The molecule has 0 bridgehead atoms. The molecule has 2 aromatic carbocycles. The molecule has 0 aliphatic carbocycles. The molecule has 0 amide bonds. The van der Waals surface area contributed by atoms with Gasteiger partial charge in [0, 0.05) is 24.3 Å². The van der Waals surface area contributed by atoms with E-state index in [1.54, 1.807) is 0 Å². The van der Waals surface area contributed by atoms with Gasteiger partial charge in [0.05, 0.1) is 14.2 Å². The Hall–Kier alpha value is -2.89. The van der Waals surface area contributed by atoms with Crippen molar-refractivity contribution >= 4 is 21.9 Å². The molecule has 0 radical (unpaired) electrons. The largest absolute Gasteiger partial charge is 0.507 e. The van der Waals surface area contributed by atoms with E-state index in [1.807, 2.05) is 0 Å². The molecule has 0 fully saturated rings. The molecule has 2 N–H and O–H groups in total. The third-order valence-corrected chi connectivity index (χ3v) is 3.26. The van der Waals surface area contributed by atoms with Crippen molar-refractivity contribution in [2.45, 2.75) is 0 Å². The Morgan fingerprint density at radius 2 is 1.29 bits per heavy atom. The monoisotopic (exact) mass is 288 g/mol. The van der Waals surface area contributed by atoms with Crippen LogP contribution in [0.1, 0.15) is 0 Å². The number of benzene rings is 2. The van der Waals surface area contributed by atoms with Gasteiger partial charge in [0.25, 0.3) is 0 Å². The molecule has 0 saturated heterocycles. The van der Waals surface area contributed by atoms with Gasteiger partial charge in [-0.2, -0.15) is 0 Å². The molecule has 1 heterocycles. The first-order valence-corrected chi connectivity index (χ1v) is 6.09. The summed E-state index contributed by atoms with van der Waals surface area (Å²) >= 11 is 0. The zero-order valence-corrected chi connectivity index (χ0v) is 11.3. The maximum absolute atomic E-state index is 12.5. The Morgan fingerprint density at radius 1 is 0.857 bits per heavy atom. The van der Waals surface area contributed by atoms with Crippen LogP contribution >= 0.6 is 0 Å². The predicted octanol–water partition coefficient (Wildman–Crippen LogP) is 2.37. The Balaban J connectivity index is 2.52. The highest BCUT2D eigenvalue weighted by molar-refractivity contribution is 5.96. The van der Waals surface area contributed by atoms with Crippen LogP contribution in [-0.2, 0) is 0 Å². The second kappa shape index (κ2) is 4.59. The SMILES string of the molecule is COc1cc(O)c2c(=O)c3c(O)cc(OC)cc3oc2c1. The van der Waals surface area contributed by atoms with Gasteiger partial charge in [-0.15, -0.1) is 0 Å². The fourth-order valence-electron chi connectivity index (χ4n) is 2.25. The molecule has 0 spiro atoms. The van der Waals surface area contributed by atoms with Crippen molar-refractivity contribution in [2.75, 3.05) is 14.2 Å². The summed E-state index contributed by atoms with van der Waals surface area (Å²) in [5.41, 5.74) is -0.194. The highest BCUT2D eigenvalue weighted by Crippen LogP contribution is 2.34. The van der Waals surface area contributed by atoms with E-state index < -0.39 is 5.43 Å². The molecule has 0 aliphatic rings. The number of hydrogen-bond acceptors (Lipinski definition) is 6. The average Bonchev–Trinajstić information content (AvgIpc) is 2.45. The van der Waals surface area contributed by atoms with Crippen LogP contribution in [0.2, 0.25) is 0 Å². The lowest BCUT2D eigenvalue weighted by atomic mass is 10.1. The summed E-state index contributed by atoms with van der Waals surface area (Å²) in [5.74, 6) is 0.176. The van der Waals surface area contributed by atoms with Gasteiger partial charge >= 0.3 is 0 Å². The molecule has 1 aromatic heterocycles. The second-order valence-corrected chi connectivity index (χ2v) is 4.47. The molecule has 6 heteroatoms. The van der Waals surface area contributed by atoms with E-state index in [0.717, 1.165) is 0 Å². The summed E-state index contributed by atoms with van der Waals surface area (Å²) in [4.78, 5) is 12.5. The Kier molecular flexibility index (Phi) is 2.86. The van der Waals surface area contributed by atoms with Crippen molar-refractivity contribution in [3.05, 3.63) is 34.5 Å². The van der Waals surface area contributed by atoms with Gasteiger partial charge in [0.2, 0.25) is 5.43 Å². The minimum absolute atomic E-state index is 0.0104. The molecule has 0 aliphatic heterocycles. The van der Waals surface area contributed by atoms with Crippen LogP contribution < -0.4 is 14.9 Å². The highest BCUT2D eigenvalue weighted by atomic mass is 16.5. The number of fused-ring (bicyclic) bond motifs is 2. The fraction of sp³-hybridized carbons (Fsp3) is 0.133. The third-order valence-electron chi connectivity index (χ3n) is 3.26. The molecule has 6 nitrogen and oxygen atoms in total. The predicted molar refractivity (Wildman–Crippen MR) is 76.4 cm³/mol. The van der Waals surface area contributed by atoms with Gasteiger partial charge in [-0.05, 0) is 0 Å². The van der Waals surface area contributed by atoms with Crippen LogP contribution in [0.3, 0.4) is 0 Å². The first kappa shape index (κ1) is 13.1. The molecule has 0 atom stereocenters. The fourth-order valence-corrected chi connectivity index (χ4v) is 2.25. The van der Waals surface area contributed by atoms with Crippen molar-refractivity contribution in [3.63, 3.8) is 0 Å². The molecular formula is C15H12O6. The van der Waals surface area contributed by atoms with Crippen molar-refractivity contribution in [1.29, 1.82) is 0 Å². The van der Waals surface area contributed by atoms with E-state index in [4.69, 9.17) is 13.9 Å². The van der Waals surface area contributed by atoms with Crippen LogP contribution in [0.15, 0.2) is 33.5 Å². The summed E-state index contributed by atoms with van der Waals surface area (Å²) < 4.78 is 15.6. The topological polar surface area (TPSA) is 89.1 Å². The lowest BCUT2D eigenvalue weighted by Crippen LogP contribution is -2.03. The Morgan fingerprint density at radius 3 is 1.67 bits per heavy atom. The smallest absolute Gasteiger partial charge is 0.208 e. The van der Waals surface area contributed by atoms with Crippen molar-refractivity contribution in [2.24, 2.45) is 0 Å². The van der Waals surface area contributed by atoms with Crippen molar-refractivity contribution in [3.8, 4) is 23.0 Å². The molecule has 0 saturated carbocycles. The van der Waals surface area contributed by atoms with Crippen LogP contribution in [0.25, 0.3) is 21.9 Å². The van der Waals surface area contributed by atoms with E-state index in [1.165, 1.54) is 38.5 Å². The number of ether oxygens (including phenoxy) is 2. The second-order valence-electron chi connectivity index (χ2n) is 4.47. The standard InChI is InChI=1S/C15H12O6/c1-19-7-3-9(16)13-11(5-7)21-12-6-8(20-2)4-10(17)14(12)15(13)18/h3-6,16-17H,1-2H3. The van der Waals surface area contributed by atoms with Gasteiger partial charge in [0.15, 0.2) is 0 Å². The molecule has 108 valence electrons. The number of methoxy groups -OCH3 is 2. The summed E-state index contributed by atoms with van der Waals surface area (Å²) in [7, 11) is 2.88. The number of hydrogen-bond donors (Lipinski definition) is 2. The van der Waals surface area contributed by atoms with E-state index in [0.29, 0.717) is 11.5 Å². The number of rotatable bonds is 2. The summed E-state index contributed by atoms with van der Waals surface area (Å²) in [6, 6.07) is 5.61. The van der Waals surface area contributed by atoms with Gasteiger partial charge in [0.1, 0.15) is 44.9 Å². The van der Waals surface area contributed by atoms with E-state index >= 15 is 0 Å². The molecule has 3 aromatic rings. The zero-order chi connectivity index (χ0) is 15.1. The normalized spacial score (nSPS) is 11.0. The first-order valence-electron chi connectivity index (χ1n) is 6.09. The van der Waals surface area contributed by atoms with E-state index in [9.17, 15) is 15.0 Å². The van der Waals surface area contributed by atoms with Crippen LogP contribution in [0.4, 0.5) is 0 Å². The highest BCUT2D eigenvalue weighted by Gasteiger charge is 2.17. The third kappa shape index (κ3) is 1.92. The molecular weight excluding hydrogens is 276 g/mol. The van der Waals surface area contributed by atoms with Crippen molar-refractivity contribution in [1.82, 2.24) is 0 Å². The number of aromatic hydroxyl groups is 2. The molecule has 3 rings (SSSR count). The number of phenolic OH excluding ortho intramolecular Hbond substituents is 2. The van der Waals surface area contributed by atoms with Crippen molar-refractivity contribution < 1.29 is 24.1 Å². The van der Waals surface area contributed by atoms with Crippen LogP contribution in [-0.4, -0.2) is 24.4 Å². The summed E-state index contributed by atoms with van der Waals surface area (Å²) in [6.07, 6.45) is 0.